The summed E-state index contributed by atoms with van der Waals surface area (Å²) in [5, 5.41) is 0. The molecule has 4 aliphatic carbocycles. The van der Waals surface area contributed by atoms with Crippen LogP contribution >= 0.6 is 0 Å². The van der Waals surface area contributed by atoms with Gasteiger partial charge in [0.2, 0.25) is 0 Å². The van der Waals surface area contributed by atoms with Crippen LogP contribution in [-0.2, 0) is 0 Å². The van der Waals surface area contributed by atoms with Crippen molar-refractivity contribution in [2.24, 2.45) is 17.8 Å². The first-order valence-corrected chi connectivity index (χ1v) is 4.12. The molecule has 0 spiro atoms. The van der Waals surface area contributed by atoms with Crippen molar-refractivity contribution in [3.05, 3.63) is 11.6 Å². The SMILES string of the molecule is C1=C2C[C@H]3CC2C[C@@H]1C3. The molecule has 2 saturated carbocycles. The fraction of sp³-hybridized carbons (Fsp3) is 0.778. The van der Waals surface area contributed by atoms with Crippen molar-refractivity contribution in [2.45, 2.75) is 25.7 Å². The fourth-order valence-corrected chi connectivity index (χ4v) is 3.10. The third-order valence-corrected chi connectivity index (χ3v) is 3.34. The first-order valence-electron chi connectivity index (χ1n) is 4.12. The van der Waals surface area contributed by atoms with E-state index in [-0.39, 0.29) is 0 Å². The molecule has 0 heterocycles. The van der Waals surface area contributed by atoms with Gasteiger partial charge in [0.1, 0.15) is 0 Å². The Morgan fingerprint density at radius 2 is 2.22 bits per heavy atom. The van der Waals surface area contributed by atoms with Crippen molar-refractivity contribution in [1.29, 1.82) is 0 Å². The highest BCUT2D eigenvalue weighted by atomic mass is 14.5. The Labute approximate surface area is 56.0 Å². The maximum absolute atomic E-state index is 2.56. The van der Waals surface area contributed by atoms with Crippen LogP contribution in [0.25, 0.3) is 0 Å². The van der Waals surface area contributed by atoms with Gasteiger partial charge in [-0.15, -0.1) is 0 Å². The Bertz CT molecular complexity index is 176. The minimum atomic E-state index is 1.03. The highest BCUT2D eigenvalue weighted by molar-refractivity contribution is 5.24. The summed E-state index contributed by atoms with van der Waals surface area (Å²) < 4.78 is 0. The van der Waals surface area contributed by atoms with Crippen LogP contribution in [-0.4, -0.2) is 0 Å². The molecule has 0 saturated heterocycles. The van der Waals surface area contributed by atoms with E-state index in [2.05, 4.69) is 6.08 Å². The highest BCUT2D eigenvalue weighted by Crippen LogP contribution is 2.53. The lowest BCUT2D eigenvalue weighted by Crippen LogP contribution is -2.10. The number of allylic oxidation sites excluding steroid dienone is 2. The van der Waals surface area contributed by atoms with E-state index in [9.17, 15) is 0 Å². The van der Waals surface area contributed by atoms with E-state index in [1.54, 1.807) is 6.42 Å². The molecule has 9 heavy (non-hydrogen) atoms. The van der Waals surface area contributed by atoms with E-state index in [0.717, 1.165) is 17.8 Å². The van der Waals surface area contributed by atoms with Gasteiger partial charge in [-0.05, 0) is 43.4 Å². The first-order chi connectivity index (χ1) is 4.42. The van der Waals surface area contributed by atoms with E-state index in [1.165, 1.54) is 19.3 Å². The van der Waals surface area contributed by atoms with Gasteiger partial charge in [0, 0.05) is 0 Å². The van der Waals surface area contributed by atoms with Crippen molar-refractivity contribution < 1.29 is 0 Å². The van der Waals surface area contributed by atoms with Crippen molar-refractivity contribution in [3.8, 4) is 0 Å². The Morgan fingerprint density at radius 1 is 1.22 bits per heavy atom. The zero-order chi connectivity index (χ0) is 5.84. The number of hydrogen-bond donors (Lipinski definition) is 0. The van der Waals surface area contributed by atoms with Crippen LogP contribution < -0.4 is 0 Å². The predicted molar refractivity (Wildman–Crippen MR) is 37.0 cm³/mol. The Hall–Kier alpha value is -0.260. The molecule has 0 N–H and O–H groups in total. The molecular formula is C9H12. The van der Waals surface area contributed by atoms with Crippen LogP contribution in [0.15, 0.2) is 11.6 Å². The van der Waals surface area contributed by atoms with Gasteiger partial charge >= 0.3 is 0 Å². The van der Waals surface area contributed by atoms with Crippen LogP contribution in [0.4, 0.5) is 0 Å². The molecule has 3 atom stereocenters. The summed E-state index contributed by atoms with van der Waals surface area (Å²) in [6.45, 7) is 0. The zero-order valence-corrected chi connectivity index (χ0v) is 5.64. The number of rotatable bonds is 0. The summed E-state index contributed by atoms with van der Waals surface area (Å²) >= 11 is 0. The third kappa shape index (κ3) is 0.452. The largest absolute Gasteiger partial charge is 0.0819 e. The molecule has 48 valence electrons. The molecule has 0 aromatic rings. The molecule has 4 aliphatic rings. The molecular weight excluding hydrogens is 108 g/mol. The zero-order valence-electron chi connectivity index (χ0n) is 5.64. The monoisotopic (exact) mass is 120 g/mol. The Morgan fingerprint density at radius 3 is 2.89 bits per heavy atom. The summed E-state index contributed by atoms with van der Waals surface area (Å²) in [5.74, 6) is 3.21. The number of hydrogen-bond acceptors (Lipinski definition) is 0. The maximum atomic E-state index is 2.56. The Kier molecular flexibility index (Phi) is 0.633. The molecule has 0 heteroatoms. The molecule has 2 fully saturated rings. The minimum absolute atomic E-state index is 1.03. The third-order valence-electron chi connectivity index (χ3n) is 3.34. The minimum Gasteiger partial charge on any atom is -0.0819 e. The molecule has 0 amide bonds. The summed E-state index contributed by atoms with van der Waals surface area (Å²) in [7, 11) is 0. The summed E-state index contributed by atoms with van der Waals surface area (Å²) in [4.78, 5) is 0. The van der Waals surface area contributed by atoms with Gasteiger partial charge in [-0.3, -0.25) is 0 Å². The van der Waals surface area contributed by atoms with Gasteiger partial charge in [-0.1, -0.05) is 11.6 Å². The molecule has 0 aromatic carbocycles. The van der Waals surface area contributed by atoms with Gasteiger partial charge < -0.3 is 0 Å². The summed E-state index contributed by atoms with van der Waals surface area (Å²) in [6.07, 6.45) is 8.63. The average Bonchev–Trinajstić information content (AvgIpc) is 2.20. The molecule has 1 unspecified atom stereocenters. The molecule has 4 rings (SSSR count). The van der Waals surface area contributed by atoms with E-state index in [4.69, 9.17) is 0 Å². The average molecular weight is 120 g/mol. The van der Waals surface area contributed by atoms with Gasteiger partial charge in [0.25, 0.3) is 0 Å². The van der Waals surface area contributed by atoms with Gasteiger partial charge in [-0.2, -0.15) is 0 Å². The van der Waals surface area contributed by atoms with Gasteiger partial charge in [0.05, 0.1) is 0 Å². The van der Waals surface area contributed by atoms with Crippen LogP contribution in [0, 0.1) is 17.8 Å². The lowest BCUT2D eigenvalue weighted by atomic mass is 9.84. The smallest absolute Gasteiger partial charge is 0.0195 e. The normalized spacial score (nSPS) is 52.4. The van der Waals surface area contributed by atoms with Gasteiger partial charge in [-0.25, -0.2) is 0 Å². The Balaban J connectivity index is 2.13. The summed E-state index contributed by atoms with van der Waals surface area (Å²) in [6, 6.07) is 0. The van der Waals surface area contributed by atoms with Crippen LogP contribution in [0.1, 0.15) is 25.7 Å². The van der Waals surface area contributed by atoms with E-state index in [0.29, 0.717) is 0 Å². The van der Waals surface area contributed by atoms with E-state index < -0.39 is 0 Å². The first kappa shape index (κ1) is 4.54. The predicted octanol–water partition coefficient (Wildman–Crippen LogP) is 2.36. The molecule has 4 bridgehead atoms. The second kappa shape index (κ2) is 1.25. The second-order valence-corrected chi connectivity index (χ2v) is 3.98. The fourth-order valence-electron chi connectivity index (χ4n) is 3.10. The second-order valence-electron chi connectivity index (χ2n) is 3.98. The van der Waals surface area contributed by atoms with Gasteiger partial charge in [0.15, 0.2) is 0 Å². The summed E-state index contributed by atoms with van der Waals surface area (Å²) in [5.41, 5.74) is 1.83. The van der Waals surface area contributed by atoms with Crippen molar-refractivity contribution >= 4 is 0 Å². The van der Waals surface area contributed by atoms with Crippen LogP contribution in [0.3, 0.4) is 0 Å². The highest BCUT2D eigenvalue weighted by Gasteiger charge is 2.41. The molecule has 0 radical (unpaired) electrons. The van der Waals surface area contributed by atoms with E-state index >= 15 is 0 Å². The maximum Gasteiger partial charge on any atom is -0.0195 e. The van der Waals surface area contributed by atoms with Crippen molar-refractivity contribution in [2.75, 3.05) is 0 Å². The van der Waals surface area contributed by atoms with Crippen molar-refractivity contribution in [3.63, 3.8) is 0 Å². The molecule has 0 aromatic heterocycles. The van der Waals surface area contributed by atoms with Crippen LogP contribution in [0.5, 0.6) is 0 Å². The van der Waals surface area contributed by atoms with Crippen LogP contribution in [0.2, 0.25) is 0 Å². The lowest BCUT2D eigenvalue weighted by Gasteiger charge is -2.21. The van der Waals surface area contributed by atoms with E-state index in [1.807, 2.05) is 5.57 Å². The topological polar surface area (TPSA) is 0 Å². The lowest BCUT2D eigenvalue weighted by molar-refractivity contribution is 0.320. The molecule has 0 aliphatic heterocycles. The molecule has 0 nitrogen and oxygen atoms in total. The standard InChI is InChI=1S/C9H12/c1-6-2-8-4-7(1)5-9(8)3-6/h2,6-7,9H,1,3-5H2/t6-,7+,9?/m1/s1. The van der Waals surface area contributed by atoms with Crippen molar-refractivity contribution in [1.82, 2.24) is 0 Å². The quantitative estimate of drug-likeness (QED) is 0.430.